The van der Waals surface area contributed by atoms with Crippen molar-refractivity contribution in [1.82, 2.24) is 10.6 Å². The highest BCUT2D eigenvalue weighted by Crippen LogP contribution is 2.23. The van der Waals surface area contributed by atoms with Gasteiger partial charge in [0.2, 0.25) is 5.91 Å². The minimum Gasteiger partial charge on any atom is -0.375 e. The summed E-state index contributed by atoms with van der Waals surface area (Å²) in [4.78, 5) is 11.9. The van der Waals surface area contributed by atoms with E-state index in [0.29, 0.717) is 38.0 Å². The zero-order valence-corrected chi connectivity index (χ0v) is 14.7. The lowest BCUT2D eigenvalue weighted by atomic mass is 9.84. The van der Waals surface area contributed by atoms with Gasteiger partial charge in [0, 0.05) is 13.0 Å². The largest absolute Gasteiger partial charge is 0.375 e. The first-order valence-electron chi connectivity index (χ1n) is 8.35. The van der Waals surface area contributed by atoms with E-state index in [1.54, 1.807) is 0 Å². The first-order chi connectivity index (χ1) is 10.8. The second kappa shape index (κ2) is 11.4. The quantitative estimate of drug-likeness (QED) is 0.715. The van der Waals surface area contributed by atoms with E-state index in [4.69, 9.17) is 4.74 Å². The van der Waals surface area contributed by atoms with Crippen molar-refractivity contribution < 1.29 is 9.53 Å². The molecular formula is C18H29ClN2O2. The zero-order chi connectivity index (χ0) is 15.6. The van der Waals surface area contributed by atoms with Gasteiger partial charge in [-0.25, -0.2) is 0 Å². The van der Waals surface area contributed by atoms with Gasteiger partial charge in [0.1, 0.15) is 0 Å². The first kappa shape index (κ1) is 19.9. The summed E-state index contributed by atoms with van der Waals surface area (Å²) in [6, 6.07) is 10.1. The summed E-state index contributed by atoms with van der Waals surface area (Å²) in [7, 11) is 0. The van der Waals surface area contributed by atoms with E-state index < -0.39 is 0 Å². The fourth-order valence-electron chi connectivity index (χ4n) is 2.97. The van der Waals surface area contributed by atoms with Crippen LogP contribution in [0, 0.1) is 11.8 Å². The van der Waals surface area contributed by atoms with Gasteiger partial charge in [-0.05, 0) is 43.3 Å². The van der Waals surface area contributed by atoms with Gasteiger partial charge in [0.15, 0.2) is 0 Å². The van der Waals surface area contributed by atoms with Crippen LogP contribution in [0.4, 0.5) is 0 Å². The molecule has 1 amide bonds. The van der Waals surface area contributed by atoms with E-state index in [2.05, 4.69) is 17.6 Å². The number of halogens is 1. The van der Waals surface area contributed by atoms with E-state index in [-0.39, 0.29) is 18.3 Å². The molecule has 1 aliphatic heterocycles. The monoisotopic (exact) mass is 340 g/mol. The number of piperidine rings is 1. The van der Waals surface area contributed by atoms with Crippen LogP contribution >= 0.6 is 12.4 Å². The van der Waals surface area contributed by atoms with Gasteiger partial charge in [-0.15, -0.1) is 12.4 Å². The molecule has 0 aromatic heterocycles. The lowest BCUT2D eigenvalue weighted by Crippen LogP contribution is -2.34. The van der Waals surface area contributed by atoms with Crippen LogP contribution < -0.4 is 10.6 Å². The van der Waals surface area contributed by atoms with Gasteiger partial charge in [0.25, 0.3) is 0 Å². The van der Waals surface area contributed by atoms with Gasteiger partial charge in [-0.3, -0.25) is 4.79 Å². The Kier molecular flexibility index (Phi) is 9.92. The Labute approximate surface area is 145 Å². The molecule has 1 atom stereocenters. The van der Waals surface area contributed by atoms with E-state index in [1.807, 2.05) is 30.3 Å². The van der Waals surface area contributed by atoms with E-state index in [9.17, 15) is 4.79 Å². The maximum atomic E-state index is 11.9. The molecule has 1 fully saturated rings. The van der Waals surface area contributed by atoms with Crippen molar-refractivity contribution >= 4 is 18.3 Å². The number of rotatable bonds is 8. The third kappa shape index (κ3) is 7.82. The molecule has 0 saturated carbocycles. The Hall–Kier alpha value is -1.10. The Bertz CT molecular complexity index is 436. The smallest absolute Gasteiger partial charge is 0.220 e. The molecule has 0 spiro atoms. The number of hydrogen-bond acceptors (Lipinski definition) is 3. The van der Waals surface area contributed by atoms with Crippen LogP contribution in [0.5, 0.6) is 0 Å². The molecule has 1 heterocycles. The topological polar surface area (TPSA) is 50.4 Å². The van der Waals surface area contributed by atoms with E-state index in [1.165, 1.54) is 12.8 Å². The molecule has 1 unspecified atom stereocenters. The van der Waals surface area contributed by atoms with Crippen LogP contribution in [-0.4, -0.2) is 32.1 Å². The maximum absolute atomic E-state index is 11.9. The van der Waals surface area contributed by atoms with Gasteiger partial charge in [0.05, 0.1) is 13.2 Å². The number of amides is 1. The van der Waals surface area contributed by atoms with Crippen LogP contribution in [0.1, 0.15) is 31.7 Å². The standard InChI is InChI=1S/C18H28N2O2.ClH/c1-15(17-7-9-19-10-8-17)13-18(21)20-11-12-22-14-16-5-3-2-4-6-16;/h2-6,15,17,19H,7-14H2,1H3,(H,20,21);1H. The molecule has 23 heavy (non-hydrogen) atoms. The van der Waals surface area contributed by atoms with Gasteiger partial charge in [-0.2, -0.15) is 0 Å². The van der Waals surface area contributed by atoms with Crippen LogP contribution in [0.15, 0.2) is 30.3 Å². The van der Waals surface area contributed by atoms with Crippen LogP contribution in [0.25, 0.3) is 0 Å². The highest BCUT2D eigenvalue weighted by Gasteiger charge is 2.21. The number of nitrogens with one attached hydrogen (secondary N) is 2. The molecule has 4 nitrogen and oxygen atoms in total. The van der Waals surface area contributed by atoms with Gasteiger partial charge < -0.3 is 15.4 Å². The summed E-state index contributed by atoms with van der Waals surface area (Å²) in [6.07, 6.45) is 3.01. The van der Waals surface area contributed by atoms with Crippen molar-refractivity contribution in [3.63, 3.8) is 0 Å². The second-order valence-electron chi connectivity index (χ2n) is 6.16. The molecule has 5 heteroatoms. The van der Waals surface area contributed by atoms with Crippen LogP contribution in [0.3, 0.4) is 0 Å². The molecule has 1 aliphatic rings. The number of carbonyl (C=O) groups is 1. The van der Waals surface area contributed by atoms with Crippen molar-refractivity contribution in [3.05, 3.63) is 35.9 Å². The predicted molar refractivity (Wildman–Crippen MR) is 95.7 cm³/mol. The number of hydrogen-bond donors (Lipinski definition) is 2. The van der Waals surface area contributed by atoms with Crippen molar-refractivity contribution in [1.29, 1.82) is 0 Å². The average Bonchev–Trinajstić information content (AvgIpc) is 2.56. The summed E-state index contributed by atoms with van der Waals surface area (Å²) in [6.45, 7) is 6.12. The summed E-state index contributed by atoms with van der Waals surface area (Å²) in [5, 5.41) is 6.33. The molecule has 1 aromatic rings. The summed E-state index contributed by atoms with van der Waals surface area (Å²) in [5.74, 6) is 1.29. The van der Waals surface area contributed by atoms with E-state index in [0.717, 1.165) is 18.7 Å². The second-order valence-corrected chi connectivity index (χ2v) is 6.16. The molecule has 130 valence electrons. The molecule has 0 bridgehead atoms. The highest BCUT2D eigenvalue weighted by molar-refractivity contribution is 5.85. The maximum Gasteiger partial charge on any atom is 0.220 e. The zero-order valence-electron chi connectivity index (χ0n) is 13.9. The highest BCUT2D eigenvalue weighted by atomic mass is 35.5. The van der Waals surface area contributed by atoms with Crippen LogP contribution in [0.2, 0.25) is 0 Å². The fraction of sp³-hybridized carbons (Fsp3) is 0.611. The van der Waals surface area contributed by atoms with E-state index >= 15 is 0 Å². The SMILES string of the molecule is CC(CC(=O)NCCOCc1ccccc1)C1CCNCC1.Cl. The summed E-state index contributed by atoms with van der Waals surface area (Å²) in [5.41, 5.74) is 1.16. The molecule has 0 radical (unpaired) electrons. The lowest BCUT2D eigenvalue weighted by molar-refractivity contribution is -0.122. The van der Waals surface area contributed by atoms with Crippen molar-refractivity contribution in [2.45, 2.75) is 32.8 Å². The minimum absolute atomic E-state index is 0. The molecule has 1 saturated heterocycles. The van der Waals surface area contributed by atoms with Gasteiger partial charge in [-0.1, -0.05) is 37.3 Å². The van der Waals surface area contributed by atoms with Crippen molar-refractivity contribution in [2.24, 2.45) is 11.8 Å². The normalized spacial score (nSPS) is 16.4. The third-order valence-corrected chi connectivity index (χ3v) is 4.38. The summed E-state index contributed by atoms with van der Waals surface area (Å²) >= 11 is 0. The van der Waals surface area contributed by atoms with Crippen LogP contribution in [-0.2, 0) is 16.1 Å². The fourth-order valence-corrected chi connectivity index (χ4v) is 2.97. The number of benzene rings is 1. The Balaban J connectivity index is 0.00000264. The number of carbonyl (C=O) groups excluding carboxylic acids is 1. The molecule has 2 N–H and O–H groups in total. The predicted octanol–water partition coefficient (Wildman–Crippen LogP) is 2.77. The minimum atomic E-state index is 0. The Morgan fingerprint density at radius 3 is 2.70 bits per heavy atom. The Morgan fingerprint density at radius 2 is 2.00 bits per heavy atom. The lowest BCUT2D eigenvalue weighted by Gasteiger charge is -2.27. The van der Waals surface area contributed by atoms with Crippen molar-refractivity contribution in [2.75, 3.05) is 26.2 Å². The molecule has 0 aliphatic carbocycles. The molecular weight excluding hydrogens is 312 g/mol. The first-order valence-corrected chi connectivity index (χ1v) is 8.35. The van der Waals surface area contributed by atoms with Crippen molar-refractivity contribution in [3.8, 4) is 0 Å². The number of ether oxygens (including phenoxy) is 1. The molecule has 2 rings (SSSR count). The summed E-state index contributed by atoms with van der Waals surface area (Å²) < 4.78 is 5.57. The van der Waals surface area contributed by atoms with Gasteiger partial charge >= 0.3 is 0 Å². The Morgan fingerprint density at radius 1 is 1.30 bits per heavy atom. The average molecular weight is 341 g/mol. The third-order valence-electron chi connectivity index (χ3n) is 4.38. The molecule has 1 aromatic carbocycles.